The monoisotopic (exact) mass is 130 g/mol. The molecule has 58 valence electrons. The van der Waals surface area contributed by atoms with Crippen molar-refractivity contribution >= 4 is 0 Å². The molecule has 0 rings (SSSR count). The molecule has 0 saturated carbocycles. The summed E-state index contributed by atoms with van der Waals surface area (Å²) in [5, 5.41) is 0. The van der Waals surface area contributed by atoms with Crippen LogP contribution in [-0.2, 0) is 0 Å². The average molecular weight is 130 g/mol. The zero-order valence-electron chi connectivity index (χ0n) is 5.49. The van der Waals surface area contributed by atoms with Gasteiger partial charge < -0.3 is 0 Å². The predicted molar refractivity (Wildman–Crippen MR) is 47.8 cm³/mol. The fourth-order valence-electron chi connectivity index (χ4n) is 0.433. The summed E-state index contributed by atoms with van der Waals surface area (Å²) in [5.41, 5.74) is 1.43. The summed E-state index contributed by atoms with van der Waals surface area (Å²) in [7, 11) is 0. The number of hydrogen-bond acceptors (Lipinski definition) is 0. The highest BCUT2D eigenvalue weighted by Crippen LogP contribution is 1.94. The van der Waals surface area contributed by atoms with Gasteiger partial charge in [-0.2, -0.15) is 0 Å². The zero-order chi connectivity index (χ0) is 5.70. The Kier molecular flexibility index (Phi) is 18.8. The van der Waals surface area contributed by atoms with E-state index in [0.29, 0.717) is 0 Å². The topological polar surface area (TPSA) is 0 Å². The summed E-state index contributed by atoms with van der Waals surface area (Å²) in [6, 6.07) is 0. The molecule has 0 saturated heterocycles. The van der Waals surface area contributed by atoms with Crippen LogP contribution in [0.4, 0.5) is 0 Å². The molecule has 0 aliphatic carbocycles. The second-order valence-corrected chi connectivity index (χ2v) is 2.07. The molecule has 0 aliphatic heterocycles. The van der Waals surface area contributed by atoms with E-state index in [0.717, 1.165) is 0 Å². The van der Waals surface area contributed by atoms with E-state index in [4.69, 9.17) is 0 Å². The van der Waals surface area contributed by atoms with Crippen LogP contribution in [0.5, 0.6) is 0 Å². The Balaban J connectivity index is -0.000000180. The van der Waals surface area contributed by atoms with Gasteiger partial charge in [0, 0.05) is 0 Å². The second kappa shape index (κ2) is 10.7. The van der Waals surface area contributed by atoms with Gasteiger partial charge in [0.05, 0.1) is 0 Å². The molecule has 0 N–H and O–H groups in total. The lowest BCUT2D eigenvalue weighted by molar-refractivity contribution is 0.948. The molecule has 0 amide bonds. The first-order valence-corrected chi connectivity index (χ1v) is 2.90. The lowest BCUT2D eigenvalue weighted by atomic mass is 10.2. The SMILES string of the molecule is C.C.CCCC=C(C)C. The van der Waals surface area contributed by atoms with E-state index in [1.807, 2.05) is 0 Å². The smallest absolute Gasteiger partial charge is 0.0351 e. The molecule has 0 aromatic carbocycles. The summed E-state index contributed by atoms with van der Waals surface area (Å²) in [5.74, 6) is 0. The number of unbranched alkanes of at least 4 members (excludes halogenated alkanes) is 1. The van der Waals surface area contributed by atoms with Gasteiger partial charge in [0.15, 0.2) is 0 Å². The van der Waals surface area contributed by atoms with E-state index in [-0.39, 0.29) is 14.9 Å². The maximum absolute atomic E-state index is 2.26. The Hall–Kier alpha value is -0.260. The molecular weight excluding hydrogens is 108 g/mol. The molecule has 0 unspecified atom stereocenters. The van der Waals surface area contributed by atoms with E-state index in [2.05, 4.69) is 26.8 Å². The Morgan fingerprint density at radius 2 is 1.67 bits per heavy atom. The predicted octanol–water partition coefficient (Wildman–Crippen LogP) is 4.02. The van der Waals surface area contributed by atoms with Crippen molar-refractivity contribution in [3.63, 3.8) is 0 Å². The molecule has 0 fully saturated rings. The molecule has 0 bridgehead atoms. The highest BCUT2D eigenvalue weighted by Gasteiger charge is 1.73. The zero-order valence-corrected chi connectivity index (χ0v) is 5.49. The molecule has 0 aromatic heterocycles. The third kappa shape index (κ3) is 18.2. The Labute approximate surface area is 61.0 Å². The van der Waals surface area contributed by atoms with Crippen LogP contribution in [0, 0.1) is 0 Å². The summed E-state index contributed by atoms with van der Waals surface area (Å²) >= 11 is 0. The summed E-state index contributed by atoms with van der Waals surface area (Å²) in [6.45, 7) is 6.46. The van der Waals surface area contributed by atoms with Crippen molar-refractivity contribution in [2.45, 2.75) is 48.5 Å². The minimum absolute atomic E-state index is 0. The molecular formula is C9H22. The lowest BCUT2D eigenvalue weighted by Gasteiger charge is -1.85. The van der Waals surface area contributed by atoms with Crippen molar-refractivity contribution in [2.75, 3.05) is 0 Å². The molecule has 0 aliphatic rings. The lowest BCUT2D eigenvalue weighted by Crippen LogP contribution is -1.64. The quantitative estimate of drug-likeness (QED) is 0.495. The third-order valence-corrected chi connectivity index (χ3v) is 0.841. The second-order valence-electron chi connectivity index (χ2n) is 2.07. The molecule has 0 atom stereocenters. The van der Waals surface area contributed by atoms with Crippen molar-refractivity contribution in [3.8, 4) is 0 Å². The first-order chi connectivity index (χ1) is 3.27. The van der Waals surface area contributed by atoms with Gasteiger partial charge in [-0.15, -0.1) is 0 Å². The Bertz CT molecular complexity index is 56.4. The van der Waals surface area contributed by atoms with Gasteiger partial charge in [0.25, 0.3) is 0 Å². The van der Waals surface area contributed by atoms with E-state index in [1.54, 1.807) is 0 Å². The highest BCUT2D eigenvalue weighted by molar-refractivity contribution is 4.92. The van der Waals surface area contributed by atoms with Crippen LogP contribution in [0.25, 0.3) is 0 Å². The van der Waals surface area contributed by atoms with Crippen molar-refractivity contribution in [1.29, 1.82) is 0 Å². The van der Waals surface area contributed by atoms with Crippen molar-refractivity contribution < 1.29 is 0 Å². The van der Waals surface area contributed by atoms with Gasteiger partial charge >= 0.3 is 0 Å². The standard InChI is InChI=1S/C7H14.2CH4/c1-4-5-6-7(2)3;;/h6H,4-5H2,1-3H3;2*1H4. The molecule has 0 radical (unpaired) electrons. The maximum atomic E-state index is 2.26. The summed E-state index contributed by atoms with van der Waals surface area (Å²) < 4.78 is 0. The summed E-state index contributed by atoms with van der Waals surface area (Å²) in [4.78, 5) is 0. The van der Waals surface area contributed by atoms with Gasteiger partial charge in [0.2, 0.25) is 0 Å². The van der Waals surface area contributed by atoms with Crippen LogP contribution in [0.15, 0.2) is 11.6 Å². The Morgan fingerprint density at radius 1 is 1.22 bits per heavy atom. The Morgan fingerprint density at radius 3 is 1.78 bits per heavy atom. The maximum Gasteiger partial charge on any atom is -0.0351 e. The van der Waals surface area contributed by atoms with Gasteiger partial charge in [-0.05, 0) is 20.3 Å². The van der Waals surface area contributed by atoms with E-state index >= 15 is 0 Å². The van der Waals surface area contributed by atoms with Crippen molar-refractivity contribution in [2.24, 2.45) is 0 Å². The van der Waals surface area contributed by atoms with Crippen LogP contribution < -0.4 is 0 Å². The fourth-order valence-corrected chi connectivity index (χ4v) is 0.433. The van der Waals surface area contributed by atoms with Crippen LogP contribution >= 0.6 is 0 Å². The first kappa shape index (κ1) is 15.9. The fraction of sp³-hybridized carbons (Fsp3) is 0.778. The van der Waals surface area contributed by atoms with Crippen LogP contribution in [0.3, 0.4) is 0 Å². The van der Waals surface area contributed by atoms with Gasteiger partial charge in [0.1, 0.15) is 0 Å². The number of hydrogen-bond donors (Lipinski definition) is 0. The van der Waals surface area contributed by atoms with Crippen molar-refractivity contribution in [1.82, 2.24) is 0 Å². The van der Waals surface area contributed by atoms with E-state index in [9.17, 15) is 0 Å². The highest BCUT2D eigenvalue weighted by atomic mass is 13.8. The van der Waals surface area contributed by atoms with Crippen molar-refractivity contribution in [3.05, 3.63) is 11.6 Å². The molecule has 9 heavy (non-hydrogen) atoms. The molecule has 0 spiro atoms. The normalized spacial score (nSPS) is 6.56. The van der Waals surface area contributed by atoms with Gasteiger partial charge in [-0.1, -0.05) is 39.8 Å². The largest absolute Gasteiger partial charge is 0.0859 e. The van der Waals surface area contributed by atoms with Crippen LogP contribution in [0.1, 0.15) is 48.5 Å². The van der Waals surface area contributed by atoms with Crippen LogP contribution in [-0.4, -0.2) is 0 Å². The molecule has 0 heterocycles. The van der Waals surface area contributed by atoms with Crippen LogP contribution in [0.2, 0.25) is 0 Å². The molecule has 0 nitrogen and oxygen atoms in total. The third-order valence-electron chi connectivity index (χ3n) is 0.841. The van der Waals surface area contributed by atoms with Gasteiger partial charge in [-0.3, -0.25) is 0 Å². The molecule has 0 aromatic rings. The number of allylic oxidation sites excluding steroid dienone is 2. The van der Waals surface area contributed by atoms with E-state index in [1.165, 1.54) is 18.4 Å². The minimum atomic E-state index is 0. The average Bonchev–Trinajstić information content (AvgIpc) is 1.61. The number of rotatable bonds is 2. The first-order valence-electron chi connectivity index (χ1n) is 2.90. The minimum Gasteiger partial charge on any atom is -0.0859 e. The van der Waals surface area contributed by atoms with Gasteiger partial charge in [-0.25, -0.2) is 0 Å². The molecule has 0 heteroatoms. The van der Waals surface area contributed by atoms with E-state index < -0.39 is 0 Å². The summed E-state index contributed by atoms with van der Waals surface area (Å²) in [6.07, 6.45) is 4.77.